The van der Waals surface area contributed by atoms with Crippen LogP contribution >= 0.6 is 15.9 Å². The summed E-state index contributed by atoms with van der Waals surface area (Å²) in [6, 6.07) is 9.22. The highest BCUT2D eigenvalue weighted by molar-refractivity contribution is 9.10. The molecule has 0 aliphatic carbocycles. The number of rotatable bonds is 8. The fourth-order valence-corrected chi connectivity index (χ4v) is 5.84. The van der Waals surface area contributed by atoms with Crippen molar-refractivity contribution < 1.29 is 14.3 Å². The molecule has 0 bridgehead atoms. The lowest BCUT2D eigenvalue weighted by Crippen LogP contribution is -2.46. The zero-order valence-corrected chi connectivity index (χ0v) is 27.2. The number of nitrogens with zero attached hydrogens (tertiary/aromatic N) is 7. The minimum Gasteiger partial charge on any atom is -0.438 e. The molecule has 0 unspecified atom stereocenters. The van der Waals surface area contributed by atoms with Crippen molar-refractivity contribution in [3.8, 4) is 23.0 Å². The number of anilines is 3. The van der Waals surface area contributed by atoms with Gasteiger partial charge in [-0.1, -0.05) is 0 Å². The van der Waals surface area contributed by atoms with Crippen molar-refractivity contribution >= 4 is 39.4 Å². The van der Waals surface area contributed by atoms with Crippen molar-refractivity contribution in [3.63, 3.8) is 0 Å². The summed E-state index contributed by atoms with van der Waals surface area (Å²) in [4.78, 5) is 23.9. The van der Waals surface area contributed by atoms with Gasteiger partial charge in [0, 0.05) is 57.3 Å². The summed E-state index contributed by atoms with van der Waals surface area (Å²) in [6.07, 6.45) is 6.87. The largest absolute Gasteiger partial charge is 0.438 e. The number of carbonyl (C=O) groups excluding carboxylic acids is 1. The second kappa shape index (κ2) is 13.8. The molecule has 2 amide bonds. The van der Waals surface area contributed by atoms with E-state index in [1.807, 2.05) is 17.8 Å². The molecule has 1 aromatic carbocycles. The highest BCUT2D eigenvalue weighted by Gasteiger charge is 2.25. The molecule has 5 heterocycles. The van der Waals surface area contributed by atoms with E-state index in [-0.39, 0.29) is 18.1 Å². The van der Waals surface area contributed by atoms with Crippen LogP contribution in [0.2, 0.25) is 0 Å². The number of hydrogen-bond acceptors (Lipinski definition) is 10. The van der Waals surface area contributed by atoms with Gasteiger partial charge in [0.15, 0.2) is 5.82 Å². The molecule has 6 rings (SSSR count). The van der Waals surface area contributed by atoms with Gasteiger partial charge in [0.25, 0.3) is 0 Å². The first-order valence-corrected chi connectivity index (χ1v) is 15.9. The van der Waals surface area contributed by atoms with Crippen molar-refractivity contribution in [2.75, 3.05) is 41.8 Å². The Morgan fingerprint density at radius 3 is 2.47 bits per heavy atom. The highest BCUT2D eigenvalue weighted by Crippen LogP contribution is 2.30. The van der Waals surface area contributed by atoms with Gasteiger partial charge in [-0.05, 0) is 96.9 Å². The maximum Gasteiger partial charge on any atom is 0.319 e. The van der Waals surface area contributed by atoms with E-state index >= 15 is 0 Å². The number of aromatic nitrogens is 6. The van der Waals surface area contributed by atoms with Crippen LogP contribution in [0.4, 0.5) is 22.2 Å². The summed E-state index contributed by atoms with van der Waals surface area (Å²) in [5, 5.41) is 22.8. The van der Waals surface area contributed by atoms with Gasteiger partial charge in [-0.3, -0.25) is 4.68 Å². The molecule has 2 fully saturated rings. The molecule has 0 spiro atoms. The van der Waals surface area contributed by atoms with Crippen molar-refractivity contribution in [1.29, 1.82) is 0 Å². The number of carbonyl (C=O) groups is 1. The minimum atomic E-state index is -0.239. The van der Waals surface area contributed by atoms with E-state index < -0.39 is 0 Å². The average molecular weight is 678 g/mol. The number of amides is 2. The third-order valence-corrected chi connectivity index (χ3v) is 8.83. The van der Waals surface area contributed by atoms with Crippen molar-refractivity contribution in [2.24, 2.45) is 7.05 Å². The van der Waals surface area contributed by atoms with Gasteiger partial charge in [-0.15, -0.1) is 10.2 Å². The predicted octanol–water partition coefficient (Wildman–Crippen LogP) is 5.22. The molecule has 2 saturated heterocycles. The van der Waals surface area contributed by atoms with Gasteiger partial charge in [-0.2, -0.15) is 10.1 Å². The molecule has 0 atom stereocenters. The summed E-state index contributed by atoms with van der Waals surface area (Å²) < 4.78 is 13.9. The number of halogens is 1. The summed E-state index contributed by atoms with van der Waals surface area (Å²) in [5.41, 5.74) is 4.65. The molecule has 45 heavy (non-hydrogen) atoms. The van der Waals surface area contributed by atoms with E-state index in [9.17, 15) is 4.79 Å². The summed E-state index contributed by atoms with van der Waals surface area (Å²) >= 11 is 3.47. The summed E-state index contributed by atoms with van der Waals surface area (Å²) in [5.74, 6) is 2.40. The van der Waals surface area contributed by atoms with Crippen LogP contribution in [0.3, 0.4) is 0 Å². The summed E-state index contributed by atoms with van der Waals surface area (Å²) in [7, 11) is 1.90. The van der Waals surface area contributed by atoms with E-state index in [0.717, 1.165) is 80.3 Å². The molecule has 0 saturated carbocycles. The van der Waals surface area contributed by atoms with Crippen molar-refractivity contribution in [3.05, 3.63) is 58.3 Å². The number of aryl methyl sites for hydroxylation is 1. The van der Waals surface area contributed by atoms with Gasteiger partial charge in [0.1, 0.15) is 11.4 Å². The first kappa shape index (κ1) is 30.7. The number of urea groups is 1. The Morgan fingerprint density at radius 1 is 1.00 bits per heavy atom. The van der Waals surface area contributed by atoms with Crippen LogP contribution in [0, 0.1) is 13.8 Å². The van der Waals surface area contributed by atoms with Gasteiger partial charge >= 0.3 is 6.03 Å². The van der Waals surface area contributed by atoms with Gasteiger partial charge < -0.3 is 30.3 Å². The molecular weight excluding hydrogens is 640 g/mol. The highest BCUT2D eigenvalue weighted by atomic mass is 79.9. The van der Waals surface area contributed by atoms with Crippen molar-refractivity contribution in [1.82, 2.24) is 35.3 Å². The Morgan fingerprint density at radius 2 is 1.76 bits per heavy atom. The monoisotopic (exact) mass is 676 g/mol. The smallest absolute Gasteiger partial charge is 0.319 e. The second-order valence-corrected chi connectivity index (χ2v) is 12.2. The van der Waals surface area contributed by atoms with E-state index in [1.54, 1.807) is 36.7 Å². The SMILES string of the molecule is Cc1c(-c2ccnn2C)nnc(N2CCC(NC(=O)Nc3ccc(Oc4nc(NC5CCOCC5)ncc4Br)cc3)CC2)c1C. The topological polar surface area (TPSA) is 144 Å². The van der Waals surface area contributed by atoms with Crippen molar-refractivity contribution in [2.45, 2.75) is 51.6 Å². The number of piperidine rings is 1. The molecule has 14 heteroatoms. The van der Waals surface area contributed by atoms with Gasteiger partial charge in [0.05, 0.1) is 16.4 Å². The predicted molar refractivity (Wildman–Crippen MR) is 175 cm³/mol. The normalized spacial score (nSPS) is 16.0. The first-order chi connectivity index (χ1) is 21.8. The van der Waals surface area contributed by atoms with Crippen LogP contribution in [-0.4, -0.2) is 74.4 Å². The average Bonchev–Trinajstić information content (AvgIpc) is 3.47. The molecule has 3 aromatic heterocycles. The standard InChI is InChI=1S/C31H37BrN10O3/c1-19-20(2)28(40-39-27(19)26-8-13-34-41(26)3)42-14-9-22(10-15-42)37-31(43)36-21-4-6-24(7-5-21)45-29-25(32)18-33-30(38-29)35-23-11-16-44-17-12-23/h4-8,13,18,22-23H,9-12,14-17H2,1-3H3,(H,33,35,38)(H2,36,37,43). The van der Waals surface area contributed by atoms with Crippen LogP contribution < -0.4 is 25.6 Å². The summed E-state index contributed by atoms with van der Waals surface area (Å²) in [6.45, 7) is 7.18. The molecule has 236 valence electrons. The Hall–Kier alpha value is -4.30. The molecule has 3 N–H and O–H groups in total. The molecule has 0 radical (unpaired) electrons. The van der Waals surface area contributed by atoms with E-state index in [1.165, 1.54) is 0 Å². The lowest BCUT2D eigenvalue weighted by Gasteiger charge is -2.34. The number of nitrogens with one attached hydrogen (secondary N) is 3. The third kappa shape index (κ3) is 7.34. The molecule has 4 aromatic rings. The van der Waals surface area contributed by atoms with Crippen LogP contribution in [0.5, 0.6) is 11.6 Å². The second-order valence-electron chi connectivity index (χ2n) is 11.3. The Bertz CT molecular complexity index is 1630. The number of ether oxygens (including phenoxy) is 2. The number of hydrogen-bond donors (Lipinski definition) is 3. The van der Waals surface area contributed by atoms with Crippen LogP contribution in [0.25, 0.3) is 11.4 Å². The van der Waals surface area contributed by atoms with E-state index in [4.69, 9.17) is 9.47 Å². The zero-order chi connectivity index (χ0) is 31.3. The van der Waals surface area contributed by atoms with E-state index in [0.29, 0.717) is 27.7 Å². The van der Waals surface area contributed by atoms with E-state index in [2.05, 4.69) is 75.9 Å². The first-order valence-electron chi connectivity index (χ1n) is 15.1. The zero-order valence-electron chi connectivity index (χ0n) is 25.6. The maximum atomic E-state index is 12.8. The Kier molecular flexibility index (Phi) is 9.40. The molecule has 2 aliphatic heterocycles. The Balaban J connectivity index is 0.988. The fraction of sp³-hybridized carbons (Fsp3) is 0.419. The lowest BCUT2D eigenvalue weighted by molar-refractivity contribution is 0.0903. The Labute approximate surface area is 270 Å². The fourth-order valence-electron chi connectivity index (χ4n) is 5.57. The number of benzene rings is 1. The lowest BCUT2D eigenvalue weighted by atomic mass is 10.0. The van der Waals surface area contributed by atoms with Crippen LogP contribution in [0.15, 0.2) is 47.2 Å². The maximum absolute atomic E-state index is 12.8. The van der Waals surface area contributed by atoms with Gasteiger partial charge in [-0.25, -0.2) is 9.78 Å². The van der Waals surface area contributed by atoms with Crippen LogP contribution in [0.1, 0.15) is 36.8 Å². The molecule has 2 aliphatic rings. The quantitative estimate of drug-likeness (QED) is 0.227. The molecular formula is C31H37BrN10O3. The van der Waals surface area contributed by atoms with Gasteiger partial charge in [0.2, 0.25) is 11.8 Å². The minimum absolute atomic E-state index is 0.0611. The van der Waals surface area contributed by atoms with Crippen LogP contribution in [-0.2, 0) is 11.8 Å². The molecule has 13 nitrogen and oxygen atoms in total. The third-order valence-electron chi connectivity index (χ3n) is 8.28.